The second-order valence-corrected chi connectivity index (χ2v) is 7.23. The molecule has 2 atom stereocenters. The highest BCUT2D eigenvalue weighted by Gasteiger charge is 2.32. The van der Waals surface area contributed by atoms with Crippen LogP contribution in [0.4, 0.5) is 10.1 Å². The molecule has 1 aromatic heterocycles. The zero-order valence-electron chi connectivity index (χ0n) is 16.4. The molecule has 1 saturated heterocycles. The molecule has 0 bridgehead atoms. The number of nitrogens with one attached hydrogen (secondary N) is 1. The quantitative estimate of drug-likeness (QED) is 0.639. The van der Waals surface area contributed by atoms with Gasteiger partial charge < -0.3 is 11.1 Å². The van der Waals surface area contributed by atoms with Crippen molar-refractivity contribution in [2.45, 2.75) is 18.9 Å². The Morgan fingerprint density at radius 3 is 2.70 bits per heavy atom. The molecule has 3 aromatic rings. The molecule has 1 amide bonds. The van der Waals surface area contributed by atoms with Gasteiger partial charge in [0, 0.05) is 25.0 Å². The van der Waals surface area contributed by atoms with E-state index in [4.69, 9.17) is 5.73 Å². The minimum Gasteiger partial charge on any atom is -0.326 e. The summed E-state index contributed by atoms with van der Waals surface area (Å²) in [6, 6.07) is 14.3. The fourth-order valence-corrected chi connectivity index (χ4v) is 3.70. The maximum absolute atomic E-state index is 14.2. The lowest BCUT2D eigenvalue weighted by molar-refractivity contribution is -0.117. The van der Waals surface area contributed by atoms with E-state index in [1.165, 1.54) is 22.4 Å². The van der Waals surface area contributed by atoms with Gasteiger partial charge in [0.1, 0.15) is 5.82 Å². The SMILES string of the molecule is Cc1nnnn1-c1ccc(F)c(NC(=O)CN2C[C@@H](N)[C@H](c3ccccc3)C2)c1.Cl. The summed E-state index contributed by atoms with van der Waals surface area (Å²) in [6.45, 7) is 3.18. The number of halogens is 2. The van der Waals surface area contributed by atoms with Crippen molar-refractivity contribution in [3.05, 3.63) is 65.7 Å². The third kappa shape index (κ3) is 4.64. The highest BCUT2D eigenvalue weighted by atomic mass is 35.5. The molecule has 0 unspecified atom stereocenters. The van der Waals surface area contributed by atoms with Crippen LogP contribution < -0.4 is 11.1 Å². The molecule has 3 N–H and O–H groups in total. The molecule has 158 valence electrons. The van der Waals surface area contributed by atoms with Crippen molar-refractivity contribution in [2.24, 2.45) is 5.73 Å². The predicted molar refractivity (Wildman–Crippen MR) is 113 cm³/mol. The number of carbonyl (C=O) groups excluding carboxylic acids is 1. The number of nitrogens with two attached hydrogens (primary N) is 1. The Labute approximate surface area is 179 Å². The van der Waals surface area contributed by atoms with E-state index in [1.807, 2.05) is 23.1 Å². The van der Waals surface area contributed by atoms with Crippen molar-refractivity contribution in [1.29, 1.82) is 0 Å². The molecule has 8 nitrogen and oxygen atoms in total. The Kier molecular flexibility index (Phi) is 6.76. The fourth-order valence-electron chi connectivity index (χ4n) is 3.70. The summed E-state index contributed by atoms with van der Waals surface area (Å²) in [6.07, 6.45) is 0. The van der Waals surface area contributed by atoms with Crippen LogP contribution in [0.25, 0.3) is 5.69 Å². The first kappa shape index (κ1) is 21.8. The normalized spacial score (nSPS) is 18.8. The molecule has 0 radical (unpaired) electrons. The molecule has 0 spiro atoms. The Morgan fingerprint density at radius 2 is 2.00 bits per heavy atom. The van der Waals surface area contributed by atoms with Gasteiger partial charge in [-0.15, -0.1) is 17.5 Å². The zero-order valence-corrected chi connectivity index (χ0v) is 17.2. The van der Waals surface area contributed by atoms with Crippen LogP contribution in [0.1, 0.15) is 17.3 Å². The first-order valence-corrected chi connectivity index (χ1v) is 9.39. The molecular formula is C20H23ClFN7O. The average Bonchev–Trinajstić information content (AvgIpc) is 3.29. The molecule has 4 rings (SSSR count). The monoisotopic (exact) mass is 431 g/mol. The van der Waals surface area contributed by atoms with Gasteiger partial charge >= 0.3 is 0 Å². The van der Waals surface area contributed by atoms with Crippen LogP contribution in [0, 0.1) is 12.7 Å². The van der Waals surface area contributed by atoms with E-state index in [0.29, 0.717) is 24.6 Å². The molecule has 0 aliphatic carbocycles. The van der Waals surface area contributed by atoms with Crippen molar-refractivity contribution < 1.29 is 9.18 Å². The molecule has 10 heteroatoms. The van der Waals surface area contributed by atoms with E-state index in [0.717, 1.165) is 0 Å². The van der Waals surface area contributed by atoms with Gasteiger partial charge in [-0.2, -0.15) is 4.68 Å². The second-order valence-electron chi connectivity index (χ2n) is 7.23. The van der Waals surface area contributed by atoms with E-state index in [9.17, 15) is 9.18 Å². The molecule has 1 fully saturated rings. The summed E-state index contributed by atoms with van der Waals surface area (Å²) in [5.74, 6) is -0.0812. The van der Waals surface area contributed by atoms with Gasteiger partial charge in [0.25, 0.3) is 0 Å². The Morgan fingerprint density at radius 1 is 1.23 bits per heavy atom. The standard InChI is InChI=1S/C20H22FN7O.ClH/c1-13-24-25-26-28(13)15-7-8-17(21)19(9-15)23-20(29)12-27-10-16(18(22)11-27)14-5-3-2-4-6-14;/h2-9,16,18H,10-12,22H2,1H3,(H,23,29);1H/t16-,18+;/m0./s1. The zero-order chi connectivity index (χ0) is 20.4. The minimum atomic E-state index is -0.520. The fraction of sp³-hybridized carbons (Fsp3) is 0.300. The minimum absolute atomic E-state index is 0. The number of benzene rings is 2. The van der Waals surface area contributed by atoms with Crippen LogP contribution in [-0.4, -0.2) is 56.7 Å². The summed E-state index contributed by atoms with van der Waals surface area (Å²) in [7, 11) is 0. The van der Waals surface area contributed by atoms with Crippen molar-refractivity contribution in [3.8, 4) is 5.69 Å². The van der Waals surface area contributed by atoms with Crippen molar-refractivity contribution >= 4 is 24.0 Å². The highest BCUT2D eigenvalue weighted by Crippen LogP contribution is 2.26. The van der Waals surface area contributed by atoms with Crippen molar-refractivity contribution in [3.63, 3.8) is 0 Å². The Balaban J connectivity index is 0.00000256. The number of likely N-dealkylation sites (tertiary alicyclic amines) is 1. The molecule has 1 aliphatic heterocycles. The molecule has 2 aromatic carbocycles. The van der Waals surface area contributed by atoms with Gasteiger partial charge in [0.05, 0.1) is 17.9 Å². The number of amides is 1. The van der Waals surface area contributed by atoms with Crippen molar-refractivity contribution in [1.82, 2.24) is 25.1 Å². The van der Waals surface area contributed by atoms with E-state index in [2.05, 4.69) is 33.0 Å². The van der Waals surface area contributed by atoms with Crippen LogP contribution in [-0.2, 0) is 4.79 Å². The van der Waals surface area contributed by atoms with Gasteiger partial charge in [-0.1, -0.05) is 30.3 Å². The molecule has 30 heavy (non-hydrogen) atoms. The van der Waals surface area contributed by atoms with Gasteiger partial charge in [-0.3, -0.25) is 9.69 Å². The predicted octanol–water partition coefficient (Wildman–Crippen LogP) is 1.90. The maximum atomic E-state index is 14.2. The van der Waals surface area contributed by atoms with E-state index in [-0.39, 0.29) is 42.5 Å². The van der Waals surface area contributed by atoms with E-state index < -0.39 is 5.82 Å². The van der Waals surface area contributed by atoms with Gasteiger partial charge in [0.2, 0.25) is 5.91 Å². The lowest BCUT2D eigenvalue weighted by Gasteiger charge is -2.16. The number of aromatic nitrogens is 4. The van der Waals surface area contributed by atoms with Gasteiger partial charge in [0.15, 0.2) is 5.82 Å². The summed E-state index contributed by atoms with van der Waals surface area (Å²) >= 11 is 0. The number of aryl methyl sites for hydroxylation is 1. The largest absolute Gasteiger partial charge is 0.326 e. The Bertz CT molecular complexity index is 1010. The van der Waals surface area contributed by atoms with Gasteiger partial charge in [-0.05, 0) is 41.1 Å². The molecule has 0 saturated carbocycles. The van der Waals surface area contributed by atoms with Crippen LogP contribution in [0.5, 0.6) is 0 Å². The third-order valence-corrected chi connectivity index (χ3v) is 5.13. The summed E-state index contributed by atoms with van der Waals surface area (Å²) in [5, 5.41) is 13.9. The van der Waals surface area contributed by atoms with Crippen LogP contribution >= 0.6 is 12.4 Å². The second kappa shape index (κ2) is 9.29. The lowest BCUT2D eigenvalue weighted by atomic mass is 9.95. The number of carbonyl (C=O) groups is 1. The number of hydrogen-bond acceptors (Lipinski definition) is 6. The van der Waals surface area contributed by atoms with Crippen LogP contribution in [0.3, 0.4) is 0 Å². The molecular weight excluding hydrogens is 409 g/mol. The lowest BCUT2D eigenvalue weighted by Crippen LogP contribution is -2.34. The maximum Gasteiger partial charge on any atom is 0.238 e. The average molecular weight is 432 g/mol. The number of rotatable bonds is 5. The first-order valence-electron chi connectivity index (χ1n) is 9.39. The summed E-state index contributed by atoms with van der Waals surface area (Å²) < 4.78 is 15.7. The van der Waals surface area contributed by atoms with Gasteiger partial charge in [-0.25, -0.2) is 4.39 Å². The van der Waals surface area contributed by atoms with Crippen LogP contribution in [0.2, 0.25) is 0 Å². The van der Waals surface area contributed by atoms with E-state index >= 15 is 0 Å². The van der Waals surface area contributed by atoms with Crippen molar-refractivity contribution in [2.75, 3.05) is 25.0 Å². The smallest absolute Gasteiger partial charge is 0.238 e. The number of anilines is 1. The molecule has 1 aliphatic rings. The van der Waals surface area contributed by atoms with Crippen LogP contribution in [0.15, 0.2) is 48.5 Å². The van der Waals surface area contributed by atoms with E-state index in [1.54, 1.807) is 13.0 Å². The topological polar surface area (TPSA) is 102 Å². The first-order chi connectivity index (χ1) is 14.0. The Hall–Kier alpha value is -2.88. The number of nitrogens with zero attached hydrogens (tertiary/aromatic N) is 5. The third-order valence-electron chi connectivity index (χ3n) is 5.13. The molecule has 2 heterocycles. The highest BCUT2D eigenvalue weighted by molar-refractivity contribution is 5.92. The summed E-state index contributed by atoms with van der Waals surface area (Å²) in [4.78, 5) is 14.5. The number of tetrazole rings is 1. The number of hydrogen-bond donors (Lipinski definition) is 2. The summed E-state index contributed by atoms with van der Waals surface area (Å²) in [5.41, 5.74) is 8.11.